The van der Waals surface area contributed by atoms with E-state index in [1.165, 1.54) is 0 Å². The number of amides is 1. The van der Waals surface area contributed by atoms with Gasteiger partial charge in [0.1, 0.15) is 17.4 Å². The molecule has 7 nitrogen and oxygen atoms in total. The van der Waals surface area contributed by atoms with E-state index in [2.05, 4.69) is 32.3 Å². The first-order valence-electron chi connectivity index (χ1n) is 8.76. The van der Waals surface area contributed by atoms with Gasteiger partial charge < -0.3 is 19.9 Å². The van der Waals surface area contributed by atoms with Crippen LogP contribution in [-0.2, 0) is 30.7 Å². The van der Waals surface area contributed by atoms with Crippen LogP contribution in [0.5, 0.6) is 5.75 Å². The van der Waals surface area contributed by atoms with Gasteiger partial charge in [0.25, 0.3) is 5.91 Å². The van der Waals surface area contributed by atoms with Crippen molar-refractivity contribution in [1.82, 2.24) is 25.4 Å². The van der Waals surface area contributed by atoms with E-state index in [4.69, 9.17) is 4.74 Å². The van der Waals surface area contributed by atoms with Crippen LogP contribution in [0.25, 0.3) is 0 Å². The molecule has 1 aliphatic rings. The van der Waals surface area contributed by atoms with Crippen molar-refractivity contribution in [2.24, 2.45) is 0 Å². The van der Waals surface area contributed by atoms with Gasteiger partial charge in [-0.25, -0.2) is 0 Å². The van der Waals surface area contributed by atoms with Crippen LogP contribution >= 0.6 is 0 Å². The number of hydrogen-bond acceptors (Lipinski definition) is 5. The number of aryl methyl sites for hydroxylation is 2. The van der Waals surface area contributed by atoms with Crippen molar-refractivity contribution < 1.29 is 9.53 Å². The summed E-state index contributed by atoms with van der Waals surface area (Å²) < 4.78 is 7.86. The van der Waals surface area contributed by atoms with Crippen LogP contribution in [-0.4, -0.2) is 40.4 Å². The average Bonchev–Trinajstić information content (AvgIpc) is 3.07. The summed E-state index contributed by atoms with van der Waals surface area (Å²) in [7, 11) is 1.60. The van der Waals surface area contributed by atoms with Crippen LogP contribution in [0.1, 0.15) is 30.6 Å². The maximum Gasteiger partial charge on any atom is 0.257 e. The van der Waals surface area contributed by atoms with E-state index in [1.807, 2.05) is 24.3 Å². The summed E-state index contributed by atoms with van der Waals surface area (Å²) in [5.41, 5.74) is 1.05. The minimum absolute atomic E-state index is 0.0286. The van der Waals surface area contributed by atoms with Gasteiger partial charge >= 0.3 is 0 Å². The Labute approximate surface area is 147 Å². The minimum Gasteiger partial charge on any atom is -0.483 e. The fraction of sp³-hybridized carbons (Fsp3) is 0.500. The van der Waals surface area contributed by atoms with Gasteiger partial charge in [-0.3, -0.25) is 4.79 Å². The van der Waals surface area contributed by atoms with Crippen molar-refractivity contribution in [3.8, 4) is 5.75 Å². The first-order valence-corrected chi connectivity index (χ1v) is 8.76. The monoisotopic (exact) mass is 343 g/mol. The fourth-order valence-electron chi connectivity index (χ4n) is 3.07. The molecule has 3 rings (SSSR count). The molecule has 1 aromatic heterocycles. The molecule has 1 atom stereocenters. The Balaban J connectivity index is 1.60. The molecule has 2 aromatic rings. The zero-order valence-corrected chi connectivity index (χ0v) is 14.8. The van der Waals surface area contributed by atoms with Gasteiger partial charge in [-0.2, -0.15) is 0 Å². The number of likely N-dealkylation sites (N-methyl/N-ethyl adjacent to an activating group) is 1. The minimum atomic E-state index is -0.137. The molecule has 0 aliphatic carbocycles. The molecule has 134 valence electrons. The Morgan fingerprint density at radius 3 is 3.00 bits per heavy atom. The number of nitrogens with zero attached hydrogens (tertiary/aromatic N) is 3. The maximum atomic E-state index is 11.4. The molecule has 0 fully saturated rings. The number of hydrogen-bond donors (Lipinski definition) is 2. The third kappa shape index (κ3) is 4.17. The Hall–Kier alpha value is -2.41. The second-order valence-electron chi connectivity index (χ2n) is 6.18. The summed E-state index contributed by atoms with van der Waals surface area (Å²) >= 11 is 0. The van der Waals surface area contributed by atoms with E-state index in [-0.39, 0.29) is 12.5 Å². The molecule has 1 aromatic carbocycles. The van der Waals surface area contributed by atoms with Crippen LogP contribution in [0.2, 0.25) is 0 Å². The molecular formula is C18H25N5O2. The predicted octanol–water partition coefficient (Wildman–Crippen LogP) is 1.07. The molecule has 0 radical (unpaired) electrons. The normalized spacial score (nSPS) is 16.3. The van der Waals surface area contributed by atoms with Crippen LogP contribution in [0.3, 0.4) is 0 Å². The van der Waals surface area contributed by atoms with Gasteiger partial charge in [-0.05, 0) is 12.5 Å². The number of rotatable bonds is 7. The van der Waals surface area contributed by atoms with Gasteiger partial charge in [0.15, 0.2) is 6.61 Å². The fourth-order valence-corrected chi connectivity index (χ4v) is 3.07. The van der Waals surface area contributed by atoms with Gasteiger partial charge in [-0.1, -0.05) is 25.1 Å². The largest absolute Gasteiger partial charge is 0.483 e. The van der Waals surface area contributed by atoms with Gasteiger partial charge in [-0.15, -0.1) is 10.2 Å². The molecule has 7 heteroatoms. The number of carbonyl (C=O) groups is 1. The highest BCUT2D eigenvalue weighted by molar-refractivity contribution is 5.77. The summed E-state index contributed by atoms with van der Waals surface area (Å²) in [6, 6.07) is 8.20. The maximum absolute atomic E-state index is 11.4. The molecule has 0 unspecified atom stereocenters. The summed E-state index contributed by atoms with van der Waals surface area (Å²) in [6.45, 7) is 3.73. The smallest absolute Gasteiger partial charge is 0.257 e. The lowest BCUT2D eigenvalue weighted by Gasteiger charge is -2.25. The second kappa shape index (κ2) is 8.11. The van der Waals surface area contributed by atoms with Crippen molar-refractivity contribution in [2.45, 2.75) is 45.3 Å². The van der Waals surface area contributed by atoms with E-state index in [0.29, 0.717) is 12.6 Å². The van der Waals surface area contributed by atoms with Crippen molar-refractivity contribution in [1.29, 1.82) is 0 Å². The number of para-hydroxylation sites is 1. The lowest BCUT2D eigenvalue weighted by Crippen LogP contribution is -2.37. The van der Waals surface area contributed by atoms with Gasteiger partial charge in [0.2, 0.25) is 0 Å². The molecular weight excluding hydrogens is 318 g/mol. The highest BCUT2D eigenvalue weighted by atomic mass is 16.5. The molecule has 0 bridgehead atoms. The summed E-state index contributed by atoms with van der Waals surface area (Å²) in [4.78, 5) is 11.4. The highest BCUT2D eigenvalue weighted by Gasteiger charge is 2.22. The lowest BCUT2D eigenvalue weighted by atomic mass is 10.1. The molecule has 2 heterocycles. The van der Waals surface area contributed by atoms with Crippen molar-refractivity contribution >= 4 is 5.91 Å². The summed E-state index contributed by atoms with van der Waals surface area (Å²) in [5, 5.41) is 14.7. The zero-order valence-electron chi connectivity index (χ0n) is 14.8. The van der Waals surface area contributed by atoms with Crippen molar-refractivity contribution in [3.05, 3.63) is 41.5 Å². The van der Waals surface area contributed by atoms with Crippen LogP contribution in [0.15, 0.2) is 24.3 Å². The highest BCUT2D eigenvalue weighted by Crippen LogP contribution is 2.20. The van der Waals surface area contributed by atoms with E-state index in [1.54, 1.807) is 7.05 Å². The predicted molar refractivity (Wildman–Crippen MR) is 94.4 cm³/mol. The van der Waals surface area contributed by atoms with Crippen LogP contribution < -0.4 is 15.4 Å². The Morgan fingerprint density at radius 2 is 2.20 bits per heavy atom. The summed E-state index contributed by atoms with van der Waals surface area (Å²) in [6.07, 6.45) is 2.89. The Bertz CT molecular complexity index is 715. The number of aromatic nitrogens is 3. The average molecular weight is 343 g/mol. The van der Waals surface area contributed by atoms with E-state index in [9.17, 15) is 4.79 Å². The molecule has 0 saturated carbocycles. The first-order chi connectivity index (χ1) is 12.2. The summed E-state index contributed by atoms with van der Waals surface area (Å²) in [5.74, 6) is 2.75. The van der Waals surface area contributed by atoms with Crippen LogP contribution in [0, 0.1) is 0 Å². The van der Waals surface area contributed by atoms with E-state index in [0.717, 1.165) is 48.8 Å². The van der Waals surface area contributed by atoms with Crippen LogP contribution in [0.4, 0.5) is 0 Å². The van der Waals surface area contributed by atoms with Crippen molar-refractivity contribution in [2.75, 3.05) is 13.7 Å². The third-order valence-electron chi connectivity index (χ3n) is 4.53. The number of nitrogens with one attached hydrogen (secondary N) is 2. The van der Waals surface area contributed by atoms with E-state index >= 15 is 0 Å². The zero-order chi connectivity index (χ0) is 17.6. The number of benzene rings is 1. The topological polar surface area (TPSA) is 81.1 Å². The number of fused-ring (bicyclic) bond motifs is 1. The molecule has 1 aliphatic heterocycles. The first kappa shape index (κ1) is 17.4. The molecule has 0 saturated heterocycles. The van der Waals surface area contributed by atoms with Crippen molar-refractivity contribution in [3.63, 3.8) is 0 Å². The second-order valence-corrected chi connectivity index (χ2v) is 6.18. The van der Waals surface area contributed by atoms with Gasteiger partial charge in [0, 0.05) is 44.6 Å². The molecule has 2 N–H and O–H groups in total. The molecule has 1 amide bonds. The standard InChI is InChI=1S/C18H25N5O2/c1-3-16-21-22-17-9-8-14(11-23(16)17)20-10-13-6-4-5-7-15(13)25-12-18(24)19-2/h4-7,14,20H,3,8-12H2,1-2H3,(H,19,24)/t14-/m1/s1. The lowest BCUT2D eigenvalue weighted by molar-refractivity contribution is -0.122. The third-order valence-corrected chi connectivity index (χ3v) is 4.53. The number of carbonyl (C=O) groups excluding carboxylic acids is 1. The van der Waals surface area contributed by atoms with E-state index < -0.39 is 0 Å². The Kier molecular flexibility index (Phi) is 5.65. The molecule has 0 spiro atoms. The Morgan fingerprint density at radius 1 is 1.36 bits per heavy atom. The SMILES string of the molecule is CCc1nnc2n1C[C@H](NCc1ccccc1OCC(=O)NC)CC2. The molecule has 25 heavy (non-hydrogen) atoms. The number of ether oxygens (including phenoxy) is 1. The quantitative estimate of drug-likeness (QED) is 0.786. The van der Waals surface area contributed by atoms with Gasteiger partial charge in [0.05, 0.1) is 0 Å².